The molecule has 1 unspecified atom stereocenters. The van der Waals surface area contributed by atoms with E-state index < -0.39 is 0 Å². The highest BCUT2D eigenvalue weighted by Gasteiger charge is 2.15. The summed E-state index contributed by atoms with van der Waals surface area (Å²) < 4.78 is 6.98. The van der Waals surface area contributed by atoms with Gasteiger partial charge in [0.05, 0.1) is 24.5 Å². The minimum absolute atomic E-state index is 0.113. The summed E-state index contributed by atoms with van der Waals surface area (Å²) in [6.45, 7) is 3.08. The van der Waals surface area contributed by atoms with Crippen molar-refractivity contribution in [2.75, 3.05) is 13.7 Å². The van der Waals surface area contributed by atoms with E-state index in [1.807, 2.05) is 30.1 Å². The molecule has 0 aromatic carbocycles. The average Bonchev–Trinajstić information content (AvgIpc) is 2.88. The SMILES string of the molecule is CCCNC(Cc1ccn(C)n1)c1cc(OC)ncn1. The first-order valence-corrected chi connectivity index (χ1v) is 6.80. The Hall–Kier alpha value is -1.95. The minimum Gasteiger partial charge on any atom is -0.481 e. The van der Waals surface area contributed by atoms with Crippen LogP contribution >= 0.6 is 0 Å². The molecule has 2 rings (SSSR count). The molecule has 2 aromatic rings. The Morgan fingerprint density at radius 1 is 1.40 bits per heavy atom. The summed E-state index contributed by atoms with van der Waals surface area (Å²) in [4.78, 5) is 8.41. The number of rotatable bonds is 7. The number of methoxy groups -OCH3 is 1. The molecule has 0 spiro atoms. The molecule has 0 saturated carbocycles. The van der Waals surface area contributed by atoms with E-state index in [4.69, 9.17) is 4.74 Å². The molecule has 0 aliphatic rings. The monoisotopic (exact) mass is 275 g/mol. The van der Waals surface area contributed by atoms with Crippen LogP contribution in [0.15, 0.2) is 24.7 Å². The van der Waals surface area contributed by atoms with Gasteiger partial charge in [0, 0.05) is 25.7 Å². The van der Waals surface area contributed by atoms with Crippen molar-refractivity contribution in [2.24, 2.45) is 7.05 Å². The Bertz CT molecular complexity index is 540. The van der Waals surface area contributed by atoms with Gasteiger partial charge in [-0.2, -0.15) is 5.10 Å². The first-order valence-electron chi connectivity index (χ1n) is 6.80. The Balaban J connectivity index is 2.17. The molecule has 0 fully saturated rings. The third-order valence-electron chi connectivity index (χ3n) is 3.05. The average molecular weight is 275 g/mol. The Morgan fingerprint density at radius 3 is 2.90 bits per heavy atom. The fourth-order valence-electron chi connectivity index (χ4n) is 2.04. The van der Waals surface area contributed by atoms with Crippen molar-refractivity contribution in [3.05, 3.63) is 36.0 Å². The second-order valence-corrected chi connectivity index (χ2v) is 4.68. The van der Waals surface area contributed by atoms with Crippen LogP contribution in [0.1, 0.15) is 30.8 Å². The van der Waals surface area contributed by atoms with Gasteiger partial charge in [-0.05, 0) is 19.0 Å². The van der Waals surface area contributed by atoms with E-state index in [9.17, 15) is 0 Å². The van der Waals surface area contributed by atoms with E-state index in [1.165, 1.54) is 6.33 Å². The predicted molar refractivity (Wildman–Crippen MR) is 76.5 cm³/mol. The Labute approximate surface area is 119 Å². The van der Waals surface area contributed by atoms with Gasteiger partial charge in [0.1, 0.15) is 6.33 Å². The van der Waals surface area contributed by atoms with Crippen LogP contribution in [0.3, 0.4) is 0 Å². The van der Waals surface area contributed by atoms with Crippen molar-refractivity contribution >= 4 is 0 Å². The molecule has 0 saturated heterocycles. The maximum atomic E-state index is 5.17. The molecule has 6 nitrogen and oxygen atoms in total. The lowest BCUT2D eigenvalue weighted by Gasteiger charge is -2.17. The van der Waals surface area contributed by atoms with Gasteiger partial charge in [0.2, 0.25) is 5.88 Å². The lowest BCUT2D eigenvalue weighted by molar-refractivity contribution is 0.393. The molecule has 6 heteroatoms. The van der Waals surface area contributed by atoms with Crippen molar-refractivity contribution < 1.29 is 4.74 Å². The lowest BCUT2D eigenvalue weighted by Crippen LogP contribution is -2.25. The lowest BCUT2D eigenvalue weighted by atomic mass is 10.1. The van der Waals surface area contributed by atoms with Crippen molar-refractivity contribution in [3.8, 4) is 5.88 Å². The van der Waals surface area contributed by atoms with E-state index in [0.29, 0.717) is 5.88 Å². The molecular formula is C14H21N5O. The van der Waals surface area contributed by atoms with Crippen LogP contribution in [0.25, 0.3) is 0 Å². The molecule has 1 N–H and O–H groups in total. The zero-order valence-electron chi connectivity index (χ0n) is 12.2. The van der Waals surface area contributed by atoms with Gasteiger partial charge in [-0.25, -0.2) is 9.97 Å². The van der Waals surface area contributed by atoms with Crippen molar-refractivity contribution in [1.29, 1.82) is 0 Å². The molecule has 0 bridgehead atoms. The molecule has 108 valence electrons. The van der Waals surface area contributed by atoms with Gasteiger partial charge >= 0.3 is 0 Å². The zero-order chi connectivity index (χ0) is 14.4. The highest BCUT2D eigenvalue weighted by molar-refractivity contribution is 5.18. The topological polar surface area (TPSA) is 64.9 Å². The number of aromatic nitrogens is 4. The van der Waals surface area contributed by atoms with Crippen molar-refractivity contribution in [3.63, 3.8) is 0 Å². The summed E-state index contributed by atoms with van der Waals surface area (Å²) in [5.74, 6) is 0.583. The van der Waals surface area contributed by atoms with Crippen LogP contribution in [0.4, 0.5) is 0 Å². The predicted octanol–water partition coefficient (Wildman–Crippen LogP) is 1.50. The molecule has 0 radical (unpaired) electrons. The van der Waals surface area contributed by atoms with Gasteiger partial charge in [0.25, 0.3) is 0 Å². The van der Waals surface area contributed by atoms with Gasteiger partial charge in [-0.1, -0.05) is 6.92 Å². The van der Waals surface area contributed by atoms with Gasteiger partial charge in [-0.3, -0.25) is 4.68 Å². The summed E-state index contributed by atoms with van der Waals surface area (Å²) in [5.41, 5.74) is 1.97. The molecule has 2 aromatic heterocycles. The zero-order valence-corrected chi connectivity index (χ0v) is 12.2. The summed E-state index contributed by atoms with van der Waals surface area (Å²) in [5, 5.41) is 7.93. The van der Waals surface area contributed by atoms with E-state index in [2.05, 4.69) is 27.3 Å². The molecule has 0 amide bonds. The Kier molecular flexibility index (Phi) is 5.06. The highest BCUT2D eigenvalue weighted by Crippen LogP contribution is 2.18. The quantitative estimate of drug-likeness (QED) is 0.829. The fraction of sp³-hybridized carbons (Fsp3) is 0.500. The maximum Gasteiger partial charge on any atom is 0.216 e. The van der Waals surface area contributed by atoms with Crippen molar-refractivity contribution in [1.82, 2.24) is 25.1 Å². The number of aryl methyl sites for hydroxylation is 1. The summed E-state index contributed by atoms with van der Waals surface area (Å²) >= 11 is 0. The second-order valence-electron chi connectivity index (χ2n) is 4.68. The van der Waals surface area contributed by atoms with Crippen LogP contribution in [-0.4, -0.2) is 33.4 Å². The van der Waals surface area contributed by atoms with Crippen LogP contribution in [-0.2, 0) is 13.5 Å². The second kappa shape index (κ2) is 7.00. The van der Waals surface area contributed by atoms with Gasteiger partial charge < -0.3 is 10.1 Å². The first-order chi connectivity index (χ1) is 9.72. The minimum atomic E-state index is 0.113. The van der Waals surface area contributed by atoms with Crippen LogP contribution in [0.5, 0.6) is 5.88 Å². The highest BCUT2D eigenvalue weighted by atomic mass is 16.5. The summed E-state index contributed by atoms with van der Waals surface area (Å²) in [6.07, 6.45) is 5.35. The van der Waals surface area contributed by atoms with E-state index in [0.717, 1.165) is 30.8 Å². The molecule has 2 heterocycles. The Morgan fingerprint density at radius 2 is 2.25 bits per heavy atom. The van der Waals surface area contributed by atoms with Crippen LogP contribution in [0, 0.1) is 0 Å². The van der Waals surface area contributed by atoms with Gasteiger partial charge in [-0.15, -0.1) is 0 Å². The third kappa shape index (κ3) is 3.77. The number of hydrogen-bond donors (Lipinski definition) is 1. The van der Waals surface area contributed by atoms with E-state index in [-0.39, 0.29) is 6.04 Å². The molecule has 1 atom stereocenters. The number of nitrogens with zero attached hydrogens (tertiary/aromatic N) is 4. The van der Waals surface area contributed by atoms with Gasteiger partial charge in [0.15, 0.2) is 0 Å². The van der Waals surface area contributed by atoms with Crippen molar-refractivity contribution in [2.45, 2.75) is 25.8 Å². The largest absolute Gasteiger partial charge is 0.481 e. The third-order valence-corrected chi connectivity index (χ3v) is 3.05. The normalized spacial score (nSPS) is 12.3. The summed E-state index contributed by atoms with van der Waals surface area (Å²) in [6, 6.07) is 4.01. The molecule has 20 heavy (non-hydrogen) atoms. The molecular weight excluding hydrogens is 254 g/mol. The standard InChI is InChI=1S/C14H21N5O/c1-4-6-15-12(8-11-5-7-19(2)18-11)13-9-14(20-3)17-10-16-13/h5,7,9-10,12,15H,4,6,8H2,1-3H3. The maximum absolute atomic E-state index is 5.17. The van der Waals surface area contributed by atoms with Crippen LogP contribution < -0.4 is 10.1 Å². The van der Waals surface area contributed by atoms with E-state index >= 15 is 0 Å². The van der Waals surface area contributed by atoms with E-state index in [1.54, 1.807) is 7.11 Å². The first kappa shape index (κ1) is 14.5. The van der Waals surface area contributed by atoms with Crippen LogP contribution in [0.2, 0.25) is 0 Å². The molecule has 0 aliphatic heterocycles. The fourth-order valence-corrected chi connectivity index (χ4v) is 2.04. The number of ether oxygens (including phenoxy) is 1. The summed E-state index contributed by atoms with van der Waals surface area (Å²) in [7, 11) is 3.53. The molecule has 0 aliphatic carbocycles. The smallest absolute Gasteiger partial charge is 0.216 e. The number of nitrogens with one attached hydrogen (secondary N) is 1. The number of hydrogen-bond acceptors (Lipinski definition) is 5.